The minimum atomic E-state index is -0.461. The lowest BCUT2D eigenvalue weighted by Crippen LogP contribution is -2.57. The topological polar surface area (TPSA) is 70.1 Å². The summed E-state index contributed by atoms with van der Waals surface area (Å²) in [6.07, 6.45) is -0.234. The van der Waals surface area contributed by atoms with Gasteiger partial charge in [-0.3, -0.25) is 4.99 Å². The Labute approximate surface area is 153 Å². The van der Waals surface area contributed by atoms with Gasteiger partial charge in [-0.1, -0.05) is 0 Å². The van der Waals surface area contributed by atoms with Crippen LogP contribution >= 0.6 is 11.3 Å². The van der Waals surface area contributed by atoms with Crippen molar-refractivity contribution in [2.75, 3.05) is 26.2 Å². The minimum Gasteiger partial charge on any atom is -0.444 e. The number of piperazine rings is 1. The normalized spacial score (nSPS) is 20.4. The van der Waals surface area contributed by atoms with Crippen LogP contribution in [0, 0.1) is 13.8 Å². The molecule has 138 valence electrons. The van der Waals surface area contributed by atoms with Gasteiger partial charge in [-0.15, -0.1) is 11.3 Å². The second-order valence-electron chi connectivity index (χ2n) is 7.54. The van der Waals surface area contributed by atoms with Gasteiger partial charge in [0.05, 0.1) is 24.8 Å². The second kappa shape index (κ2) is 6.82. The number of nitrogens with one attached hydrogen (secondary N) is 1. The van der Waals surface area contributed by atoms with Crippen molar-refractivity contribution >= 4 is 23.4 Å². The van der Waals surface area contributed by atoms with Crippen molar-refractivity contribution in [1.82, 2.24) is 20.1 Å². The number of ether oxygens (including phenoxy) is 1. The molecule has 8 heteroatoms. The lowest BCUT2D eigenvalue weighted by Gasteiger charge is -2.39. The van der Waals surface area contributed by atoms with Crippen LogP contribution in [0.4, 0.5) is 4.79 Å². The van der Waals surface area contributed by atoms with Gasteiger partial charge in [-0.05, 0) is 34.6 Å². The number of guanidine groups is 1. The molecule has 0 radical (unpaired) electrons. The number of rotatable bonds is 2. The van der Waals surface area contributed by atoms with Crippen LogP contribution in [-0.4, -0.2) is 64.7 Å². The van der Waals surface area contributed by atoms with Gasteiger partial charge in [0.2, 0.25) is 0 Å². The van der Waals surface area contributed by atoms with Crippen molar-refractivity contribution in [1.29, 1.82) is 0 Å². The lowest BCUT2D eigenvalue weighted by atomic mass is 10.2. The van der Waals surface area contributed by atoms with E-state index in [0.29, 0.717) is 26.2 Å². The Balaban J connectivity index is 1.52. The number of aromatic nitrogens is 1. The van der Waals surface area contributed by atoms with E-state index in [-0.39, 0.29) is 12.1 Å². The molecular formula is C17H27N5O2S. The van der Waals surface area contributed by atoms with Crippen LogP contribution in [0.5, 0.6) is 0 Å². The van der Waals surface area contributed by atoms with Gasteiger partial charge in [0, 0.05) is 24.5 Å². The third-order valence-corrected chi connectivity index (χ3v) is 5.40. The Hall–Kier alpha value is -1.83. The molecule has 1 saturated heterocycles. The summed E-state index contributed by atoms with van der Waals surface area (Å²) < 4.78 is 5.48. The standard InChI is InChI=1S/C17H27N5O2S/c1-11-12(2)25-14(20-11)9-19-15-18-8-13-10-21(6-7-22(13)15)16(23)24-17(3,4)5/h13H,6-10H2,1-5H3,(H,18,19). The highest BCUT2D eigenvalue weighted by Gasteiger charge is 2.36. The highest BCUT2D eigenvalue weighted by atomic mass is 32.1. The Bertz CT molecular complexity index is 660. The van der Waals surface area contributed by atoms with Crippen LogP contribution in [-0.2, 0) is 11.3 Å². The molecular weight excluding hydrogens is 338 g/mol. The fraction of sp³-hybridized carbons (Fsp3) is 0.706. The van der Waals surface area contributed by atoms with Gasteiger partial charge in [0.25, 0.3) is 0 Å². The number of aryl methyl sites for hydroxylation is 2. The molecule has 25 heavy (non-hydrogen) atoms. The average Bonchev–Trinajstić information content (AvgIpc) is 3.06. The number of hydrogen-bond donors (Lipinski definition) is 1. The van der Waals surface area contributed by atoms with Gasteiger partial charge in [-0.25, -0.2) is 9.78 Å². The molecule has 3 rings (SSSR count). The highest BCUT2D eigenvalue weighted by molar-refractivity contribution is 7.11. The first-order valence-corrected chi connectivity index (χ1v) is 9.50. The van der Waals surface area contributed by atoms with Crippen molar-refractivity contribution < 1.29 is 9.53 Å². The van der Waals surface area contributed by atoms with Gasteiger partial charge >= 0.3 is 6.09 Å². The van der Waals surface area contributed by atoms with Crippen LogP contribution in [0.3, 0.4) is 0 Å². The quantitative estimate of drug-likeness (QED) is 0.869. The molecule has 1 amide bonds. The summed E-state index contributed by atoms with van der Waals surface area (Å²) in [4.78, 5) is 26.7. The number of thiazole rings is 1. The Morgan fingerprint density at radius 1 is 1.36 bits per heavy atom. The monoisotopic (exact) mass is 365 g/mol. The predicted octanol–water partition coefficient (Wildman–Crippen LogP) is 2.14. The van der Waals surface area contributed by atoms with Crippen molar-refractivity contribution in [3.8, 4) is 0 Å². The zero-order valence-electron chi connectivity index (χ0n) is 15.6. The minimum absolute atomic E-state index is 0.225. The Kier molecular flexibility index (Phi) is 4.90. The van der Waals surface area contributed by atoms with E-state index in [1.165, 1.54) is 4.88 Å². The predicted molar refractivity (Wildman–Crippen MR) is 99.0 cm³/mol. The van der Waals surface area contributed by atoms with E-state index in [1.54, 1.807) is 16.2 Å². The third-order valence-electron chi connectivity index (χ3n) is 4.33. The molecule has 1 fully saturated rings. The molecule has 3 heterocycles. The zero-order valence-corrected chi connectivity index (χ0v) is 16.4. The summed E-state index contributed by atoms with van der Waals surface area (Å²) in [5.74, 6) is 0.916. The summed E-state index contributed by atoms with van der Waals surface area (Å²) >= 11 is 1.72. The number of aliphatic imine (C=N–C) groups is 1. The number of carbonyl (C=O) groups excluding carboxylic acids is 1. The largest absolute Gasteiger partial charge is 0.444 e. The first-order chi connectivity index (χ1) is 11.7. The van der Waals surface area contributed by atoms with Crippen molar-refractivity contribution in [3.05, 3.63) is 15.6 Å². The molecule has 1 aromatic heterocycles. The second-order valence-corrected chi connectivity index (χ2v) is 8.83. The third kappa shape index (κ3) is 4.23. The summed E-state index contributed by atoms with van der Waals surface area (Å²) in [6.45, 7) is 13.3. The van der Waals surface area contributed by atoms with Crippen molar-refractivity contribution in [2.24, 2.45) is 4.99 Å². The van der Waals surface area contributed by atoms with Crippen LogP contribution in [0.15, 0.2) is 4.99 Å². The van der Waals surface area contributed by atoms with E-state index in [1.807, 2.05) is 27.7 Å². The molecule has 1 aromatic rings. The van der Waals surface area contributed by atoms with Crippen LogP contribution < -0.4 is 5.32 Å². The van der Waals surface area contributed by atoms with E-state index < -0.39 is 5.60 Å². The maximum absolute atomic E-state index is 12.3. The molecule has 2 aliphatic heterocycles. The van der Waals surface area contributed by atoms with Crippen LogP contribution in [0.25, 0.3) is 0 Å². The number of hydrogen-bond acceptors (Lipinski definition) is 7. The van der Waals surface area contributed by atoms with Crippen molar-refractivity contribution in [2.45, 2.75) is 52.8 Å². The number of amides is 1. The van der Waals surface area contributed by atoms with Gasteiger partial charge < -0.3 is 19.9 Å². The summed E-state index contributed by atoms with van der Waals surface area (Å²) in [7, 11) is 0. The number of fused-ring (bicyclic) bond motifs is 1. The van der Waals surface area contributed by atoms with Gasteiger partial charge in [0.15, 0.2) is 5.96 Å². The van der Waals surface area contributed by atoms with Crippen LogP contribution in [0.1, 0.15) is 36.3 Å². The molecule has 7 nitrogen and oxygen atoms in total. The molecule has 0 aromatic carbocycles. The zero-order chi connectivity index (χ0) is 18.2. The molecule has 0 saturated carbocycles. The van der Waals surface area contributed by atoms with Gasteiger partial charge in [0.1, 0.15) is 10.6 Å². The molecule has 1 atom stereocenters. The molecule has 1 N–H and O–H groups in total. The fourth-order valence-corrected chi connectivity index (χ4v) is 3.87. The summed E-state index contributed by atoms with van der Waals surface area (Å²) in [6, 6.07) is 0.225. The number of nitrogens with zero attached hydrogens (tertiary/aromatic N) is 4. The Morgan fingerprint density at radius 2 is 2.12 bits per heavy atom. The summed E-state index contributed by atoms with van der Waals surface area (Å²) in [5.41, 5.74) is 0.635. The molecule has 0 bridgehead atoms. The number of carbonyl (C=O) groups is 1. The average molecular weight is 366 g/mol. The molecule has 0 aliphatic carbocycles. The van der Waals surface area contributed by atoms with Crippen LogP contribution in [0.2, 0.25) is 0 Å². The maximum atomic E-state index is 12.3. The highest BCUT2D eigenvalue weighted by Crippen LogP contribution is 2.20. The molecule has 1 unspecified atom stereocenters. The van der Waals surface area contributed by atoms with E-state index in [2.05, 4.69) is 27.1 Å². The van der Waals surface area contributed by atoms with Crippen molar-refractivity contribution in [3.63, 3.8) is 0 Å². The smallest absolute Gasteiger partial charge is 0.410 e. The van der Waals surface area contributed by atoms with E-state index in [4.69, 9.17) is 4.74 Å². The lowest BCUT2D eigenvalue weighted by molar-refractivity contribution is 0.0137. The Morgan fingerprint density at radius 3 is 2.76 bits per heavy atom. The van der Waals surface area contributed by atoms with E-state index in [9.17, 15) is 4.79 Å². The van der Waals surface area contributed by atoms with Gasteiger partial charge in [-0.2, -0.15) is 0 Å². The first-order valence-electron chi connectivity index (χ1n) is 8.69. The van der Waals surface area contributed by atoms with E-state index in [0.717, 1.165) is 23.2 Å². The summed E-state index contributed by atoms with van der Waals surface area (Å²) in [5, 5.41) is 4.49. The first kappa shape index (κ1) is 18.0. The molecule has 2 aliphatic rings. The maximum Gasteiger partial charge on any atom is 0.410 e. The molecule has 0 spiro atoms. The fourth-order valence-electron chi connectivity index (χ4n) is 2.99. The van der Waals surface area contributed by atoms with E-state index >= 15 is 0 Å². The SMILES string of the molecule is Cc1nc(CNC2=NCC3CN(C(=O)OC(C)(C)C)CCN23)sc1C.